The summed E-state index contributed by atoms with van der Waals surface area (Å²) in [5.74, 6) is 2.17. The Labute approximate surface area is 137 Å². The molecule has 0 amide bonds. The summed E-state index contributed by atoms with van der Waals surface area (Å²) in [4.78, 5) is 11.1. The van der Waals surface area contributed by atoms with Crippen molar-refractivity contribution in [1.82, 2.24) is 14.9 Å². The predicted molar refractivity (Wildman–Crippen MR) is 93.9 cm³/mol. The number of likely N-dealkylation sites (N-methyl/N-ethyl adjacent to an activating group) is 1. The monoisotopic (exact) mass is 357 g/mol. The third-order valence-corrected chi connectivity index (χ3v) is 3.54. The summed E-state index contributed by atoms with van der Waals surface area (Å²) in [6, 6.07) is 0.366. The van der Waals surface area contributed by atoms with Crippen molar-refractivity contribution < 1.29 is 0 Å². The van der Waals surface area contributed by atoms with Crippen LogP contribution in [-0.4, -0.2) is 48.1 Å². The lowest BCUT2D eigenvalue weighted by Crippen LogP contribution is -2.34. The van der Waals surface area contributed by atoms with E-state index in [1.165, 1.54) is 0 Å². The molecule has 5 nitrogen and oxygen atoms in total. The van der Waals surface area contributed by atoms with Gasteiger partial charge in [-0.05, 0) is 48.8 Å². The quantitative estimate of drug-likeness (QED) is 0.708. The first-order valence-corrected chi connectivity index (χ1v) is 8.39. The molecule has 0 aliphatic rings. The van der Waals surface area contributed by atoms with Gasteiger partial charge >= 0.3 is 0 Å². The van der Waals surface area contributed by atoms with Gasteiger partial charge in [0.1, 0.15) is 5.82 Å². The molecule has 0 aromatic carbocycles. The van der Waals surface area contributed by atoms with Gasteiger partial charge < -0.3 is 15.5 Å². The molecule has 0 radical (unpaired) electrons. The highest BCUT2D eigenvalue weighted by Gasteiger charge is 2.15. The first kappa shape index (κ1) is 18.2. The van der Waals surface area contributed by atoms with Gasteiger partial charge in [0, 0.05) is 25.3 Å². The number of aromatic nitrogens is 2. The lowest BCUT2D eigenvalue weighted by Gasteiger charge is -2.25. The van der Waals surface area contributed by atoms with Crippen LogP contribution in [0.4, 0.5) is 11.8 Å². The van der Waals surface area contributed by atoms with Crippen LogP contribution in [0.25, 0.3) is 0 Å². The topological polar surface area (TPSA) is 53.1 Å². The number of nitrogens with zero attached hydrogens (tertiary/aromatic N) is 3. The van der Waals surface area contributed by atoms with Crippen LogP contribution in [0.15, 0.2) is 10.7 Å². The Morgan fingerprint density at radius 3 is 2.62 bits per heavy atom. The third-order valence-electron chi connectivity index (χ3n) is 2.96. The zero-order chi connectivity index (χ0) is 15.8. The molecule has 2 N–H and O–H groups in total. The molecule has 0 aliphatic heterocycles. The molecule has 1 unspecified atom stereocenters. The minimum Gasteiger partial charge on any atom is -0.365 e. The Morgan fingerprint density at radius 1 is 1.33 bits per heavy atom. The van der Waals surface area contributed by atoms with E-state index in [2.05, 4.69) is 76.3 Å². The summed E-state index contributed by atoms with van der Waals surface area (Å²) in [5.41, 5.74) is 0. The number of halogens is 1. The van der Waals surface area contributed by atoms with Gasteiger partial charge in [0.15, 0.2) is 0 Å². The largest absolute Gasteiger partial charge is 0.365 e. The molecule has 0 saturated heterocycles. The maximum absolute atomic E-state index is 4.57. The maximum atomic E-state index is 4.57. The van der Waals surface area contributed by atoms with Gasteiger partial charge in [-0.2, -0.15) is 4.98 Å². The molecule has 0 aliphatic carbocycles. The second-order valence-electron chi connectivity index (χ2n) is 6.05. The molecule has 1 aromatic heterocycles. The number of nitrogens with one attached hydrogen (secondary N) is 2. The Hall–Kier alpha value is -0.880. The normalized spacial score (nSPS) is 12.8. The van der Waals surface area contributed by atoms with Gasteiger partial charge in [0.25, 0.3) is 0 Å². The highest BCUT2D eigenvalue weighted by molar-refractivity contribution is 9.10. The summed E-state index contributed by atoms with van der Waals surface area (Å²) in [5, 5.41) is 6.77. The Morgan fingerprint density at radius 2 is 2.05 bits per heavy atom. The second kappa shape index (κ2) is 9.20. The zero-order valence-corrected chi connectivity index (χ0v) is 15.4. The van der Waals surface area contributed by atoms with Crippen molar-refractivity contribution in [2.45, 2.75) is 39.7 Å². The molecule has 120 valence electrons. The Bertz CT molecular complexity index is 413. The molecule has 0 saturated carbocycles. The molecular weight excluding hydrogens is 330 g/mol. The average molecular weight is 358 g/mol. The molecule has 0 bridgehead atoms. The molecular formula is C15H28BrN5. The Balaban J connectivity index is 2.80. The van der Waals surface area contributed by atoms with E-state index in [9.17, 15) is 0 Å². The highest BCUT2D eigenvalue weighted by atomic mass is 79.9. The number of rotatable bonds is 9. The fourth-order valence-electron chi connectivity index (χ4n) is 2.17. The van der Waals surface area contributed by atoms with Gasteiger partial charge in [0.05, 0.1) is 4.47 Å². The minimum atomic E-state index is 0.366. The van der Waals surface area contributed by atoms with Crippen LogP contribution in [0, 0.1) is 5.92 Å². The van der Waals surface area contributed by atoms with Crippen molar-refractivity contribution in [3.05, 3.63) is 10.7 Å². The number of anilines is 2. The summed E-state index contributed by atoms with van der Waals surface area (Å²) < 4.78 is 0.900. The molecule has 6 heteroatoms. The van der Waals surface area contributed by atoms with Crippen molar-refractivity contribution in [2.75, 3.05) is 37.8 Å². The van der Waals surface area contributed by atoms with Crippen molar-refractivity contribution in [1.29, 1.82) is 0 Å². The van der Waals surface area contributed by atoms with Crippen LogP contribution < -0.4 is 10.6 Å². The number of hydrogen-bond acceptors (Lipinski definition) is 5. The smallest absolute Gasteiger partial charge is 0.224 e. The molecule has 0 spiro atoms. The molecule has 1 atom stereocenters. The van der Waals surface area contributed by atoms with Crippen LogP contribution in [0.2, 0.25) is 0 Å². The summed E-state index contributed by atoms with van der Waals surface area (Å²) >= 11 is 3.53. The number of hydrogen-bond donors (Lipinski definition) is 2. The first-order valence-electron chi connectivity index (χ1n) is 7.60. The van der Waals surface area contributed by atoms with E-state index in [-0.39, 0.29) is 0 Å². The first-order chi connectivity index (χ1) is 9.92. The summed E-state index contributed by atoms with van der Waals surface area (Å²) in [6.45, 7) is 8.47. The fourth-order valence-corrected chi connectivity index (χ4v) is 2.48. The predicted octanol–water partition coefficient (Wildman–Crippen LogP) is 3.45. The van der Waals surface area contributed by atoms with E-state index >= 15 is 0 Å². The second-order valence-corrected chi connectivity index (χ2v) is 6.90. The van der Waals surface area contributed by atoms with E-state index < -0.39 is 0 Å². The molecule has 1 heterocycles. The molecule has 1 aromatic rings. The fraction of sp³-hybridized carbons (Fsp3) is 0.733. The van der Waals surface area contributed by atoms with E-state index in [1.54, 1.807) is 6.20 Å². The van der Waals surface area contributed by atoms with E-state index in [0.717, 1.165) is 36.2 Å². The standard InChI is InChI=1S/C15H28BrN5/c1-6-7-17-15-18-9-13(16)14(20-15)19-12(8-11(2)3)10-21(4)5/h9,11-12H,6-8,10H2,1-5H3,(H2,17,18,19,20). The van der Waals surface area contributed by atoms with Gasteiger partial charge in [-0.15, -0.1) is 0 Å². The van der Waals surface area contributed by atoms with Crippen LogP contribution in [-0.2, 0) is 0 Å². The van der Waals surface area contributed by atoms with E-state index in [4.69, 9.17) is 0 Å². The van der Waals surface area contributed by atoms with Gasteiger partial charge in [-0.1, -0.05) is 20.8 Å². The Kier molecular flexibility index (Phi) is 7.96. The molecule has 0 fully saturated rings. The lowest BCUT2D eigenvalue weighted by atomic mass is 10.0. The SMILES string of the molecule is CCCNc1ncc(Br)c(NC(CC(C)C)CN(C)C)n1. The molecule has 21 heavy (non-hydrogen) atoms. The van der Waals surface area contributed by atoms with E-state index in [1.807, 2.05) is 0 Å². The maximum Gasteiger partial charge on any atom is 0.224 e. The van der Waals surface area contributed by atoms with E-state index in [0.29, 0.717) is 17.9 Å². The minimum absolute atomic E-state index is 0.366. The van der Waals surface area contributed by atoms with Crippen molar-refractivity contribution in [2.24, 2.45) is 5.92 Å². The van der Waals surface area contributed by atoms with Gasteiger partial charge in [-0.3, -0.25) is 0 Å². The van der Waals surface area contributed by atoms with Crippen molar-refractivity contribution in [3.63, 3.8) is 0 Å². The van der Waals surface area contributed by atoms with Crippen molar-refractivity contribution in [3.8, 4) is 0 Å². The summed E-state index contributed by atoms with van der Waals surface area (Å²) in [6.07, 6.45) is 3.96. The van der Waals surface area contributed by atoms with Gasteiger partial charge in [-0.25, -0.2) is 4.98 Å². The van der Waals surface area contributed by atoms with Crippen LogP contribution >= 0.6 is 15.9 Å². The highest BCUT2D eigenvalue weighted by Crippen LogP contribution is 2.22. The lowest BCUT2D eigenvalue weighted by molar-refractivity contribution is 0.356. The average Bonchev–Trinajstić information content (AvgIpc) is 2.38. The van der Waals surface area contributed by atoms with Crippen molar-refractivity contribution >= 4 is 27.7 Å². The van der Waals surface area contributed by atoms with Crippen LogP contribution in [0.1, 0.15) is 33.6 Å². The third kappa shape index (κ3) is 7.09. The van der Waals surface area contributed by atoms with Crippen LogP contribution in [0.5, 0.6) is 0 Å². The summed E-state index contributed by atoms with van der Waals surface area (Å²) in [7, 11) is 4.19. The zero-order valence-electron chi connectivity index (χ0n) is 13.8. The molecule has 1 rings (SSSR count). The van der Waals surface area contributed by atoms with Crippen LogP contribution in [0.3, 0.4) is 0 Å². The van der Waals surface area contributed by atoms with Gasteiger partial charge in [0.2, 0.25) is 5.95 Å².